The maximum absolute atomic E-state index is 13.8. The van der Waals surface area contributed by atoms with Crippen LogP contribution in [0.2, 0.25) is 0 Å². The molecule has 0 saturated carbocycles. The van der Waals surface area contributed by atoms with Gasteiger partial charge in [-0.2, -0.15) is 0 Å². The minimum absolute atomic E-state index is 0.0373. The Morgan fingerprint density at radius 2 is 1.60 bits per heavy atom. The molecule has 6 nitrogen and oxygen atoms in total. The van der Waals surface area contributed by atoms with Crippen LogP contribution in [0, 0.1) is 5.82 Å². The molecule has 0 atom stereocenters. The van der Waals surface area contributed by atoms with Crippen molar-refractivity contribution < 1.29 is 14.0 Å². The first-order valence-corrected chi connectivity index (χ1v) is 9.82. The number of carbonyl (C=O) groups is 2. The molecule has 0 unspecified atom stereocenters. The van der Waals surface area contributed by atoms with Crippen LogP contribution in [0.3, 0.4) is 0 Å². The van der Waals surface area contributed by atoms with Crippen LogP contribution in [0.4, 0.5) is 4.39 Å². The van der Waals surface area contributed by atoms with E-state index in [2.05, 4.69) is 15.3 Å². The summed E-state index contributed by atoms with van der Waals surface area (Å²) in [5.41, 5.74) is 2.49. The monoisotopic (exact) mass is 404 g/mol. The SMILES string of the molecule is O=C(NC1CCN(C(=O)c2ccc(-c3cncnc3)cc2)CC1)c1ccccc1F. The van der Waals surface area contributed by atoms with Crippen LogP contribution in [-0.2, 0) is 0 Å². The molecule has 2 heterocycles. The molecule has 1 saturated heterocycles. The van der Waals surface area contributed by atoms with Gasteiger partial charge in [-0.15, -0.1) is 0 Å². The van der Waals surface area contributed by atoms with Crippen molar-refractivity contribution in [3.63, 3.8) is 0 Å². The molecule has 1 N–H and O–H groups in total. The lowest BCUT2D eigenvalue weighted by Gasteiger charge is -2.32. The summed E-state index contributed by atoms with van der Waals surface area (Å²) < 4.78 is 13.8. The number of nitrogens with zero attached hydrogens (tertiary/aromatic N) is 3. The first-order chi connectivity index (χ1) is 14.6. The highest BCUT2D eigenvalue weighted by atomic mass is 19.1. The molecule has 1 aliphatic heterocycles. The van der Waals surface area contributed by atoms with Gasteiger partial charge in [0.15, 0.2) is 0 Å². The second kappa shape index (κ2) is 8.82. The fourth-order valence-corrected chi connectivity index (χ4v) is 3.57. The van der Waals surface area contributed by atoms with Crippen LogP contribution in [0.25, 0.3) is 11.1 Å². The number of piperidine rings is 1. The zero-order chi connectivity index (χ0) is 20.9. The van der Waals surface area contributed by atoms with Gasteiger partial charge in [0.2, 0.25) is 0 Å². The summed E-state index contributed by atoms with van der Waals surface area (Å²) in [6.07, 6.45) is 6.19. The Morgan fingerprint density at radius 1 is 0.933 bits per heavy atom. The third kappa shape index (κ3) is 4.35. The number of hydrogen-bond donors (Lipinski definition) is 1. The van der Waals surface area contributed by atoms with E-state index in [0.29, 0.717) is 31.5 Å². The molecule has 2 amide bonds. The Kier molecular flexibility index (Phi) is 5.79. The van der Waals surface area contributed by atoms with Gasteiger partial charge in [0.05, 0.1) is 5.56 Å². The van der Waals surface area contributed by atoms with Gasteiger partial charge < -0.3 is 10.2 Å². The second-order valence-corrected chi connectivity index (χ2v) is 7.22. The summed E-state index contributed by atoms with van der Waals surface area (Å²) in [5, 5.41) is 2.87. The Bertz CT molecular complexity index is 1030. The van der Waals surface area contributed by atoms with Gasteiger partial charge in [0.1, 0.15) is 12.1 Å². The number of nitrogens with one attached hydrogen (secondary N) is 1. The molecule has 0 aliphatic carbocycles. The number of aromatic nitrogens is 2. The number of amides is 2. The fourth-order valence-electron chi connectivity index (χ4n) is 3.57. The van der Waals surface area contributed by atoms with Gasteiger partial charge in [-0.3, -0.25) is 9.59 Å². The third-order valence-electron chi connectivity index (χ3n) is 5.26. The predicted octanol–water partition coefficient (Wildman–Crippen LogP) is 3.32. The topological polar surface area (TPSA) is 75.2 Å². The minimum atomic E-state index is -0.534. The van der Waals surface area contributed by atoms with E-state index in [-0.39, 0.29) is 17.5 Å². The summed E-state index contributed by atoms with van der Waals surface area (Å²) >= 11 is 0. The summed E-state index contributed by atoms with van der Waals surface area (Å²) in [7, 11) is 0. The van der Waals surface area contributed by atoms with Crippen LogP contribution in [-0.4, -0.2) is 45.8 Å². The van der Waals surface area contributed by atoms with Crippen molar-refractivity contribution in [2.45, 2.75) is 18.9 Å². The maximum Gasteiger partial charge on any atom is 0.254 e. The molecule has 4 rings (SSSR count). The van der Waals surface area contributed by atoms with Crippen molar-refractivity contribution in [2.24, 2.45) is 0 Å². The van der Waals surface area contributed by atoms with Crippen LogP contribution in [0.5, 0.6) is 0 Å². The van der Waals surface area contributed by atoms with Crippen molar-refractivity contribution in [1.29, 1.82) is 0 Å². The summed E-state index contributed by atoms with van der Waals surface area (Å²) in [4.78, 5) is 34.9. The number of carbonyl (C=O) groups excluding carboxylic acids is 2. The largest absolute Gasteiger partial charge is 0.349 e. The van der Waals surface area contributed by atoms with E-state index >= 15 is 0 Å². The maximum atomic E-state index is 13.8. The van der Waals surface area contributed by atoms with E-state index in [0.717, 1.165) is 11.1 Å². The van der Waals surface area contributed by atoms with Gasteiger partial charge >= 0.3 is 0 Å². The lowest BCUT2D eigenvalue weighted by molar-refractivity contribution is 0.0698. The normalized spacial score (nSPS) is 14.4. The second-order valence-electron chi connectivity index (χ2n) is 7.22. The van der Waals surface area contributed by atoms with Gasteiger partial charge in [0.25, 0.3) is 11.8 Å². The van der Waals surface area contributed by atoms with E-state index in [1.807, 2.05) is 12.1 Å². The van der Waals surface area contributed by atoms with Crippen LogP contribution in [0.1, 0.15) is 33.6 Å². The average Bonchev–Trinajstić information content (AvgIpc) is 2.80. The van der Waals surface area contributed by atoms with Crippen molar-refractivity contribution in [2.75, 3.05) is 13.1 Å². The molecule has 1 aliphatic rings. The van der Waals surface area contributed by atoms with Gasteiger partial charge in [-0.25, -0.2) is 14.4 Å². The number of benzene rings is 2. The highest BCUT2D eigenvalue weighted by molar-refractivity contribution is 5.95. The zero-order valence-corrected chi connectivity index (χ0v) is 16.3. The van der Waals surface area contributed by atoms with Crippen LogP contribution in [0.15, 0.2) is 67.3 Å². The third-order valence-corrected chi connectivity index (χ3v) is 5.26. The first-order valence-electron chi connectivity index (χ1n) is 9.82. The van der Waals surface area contributed by atoms with E-state index in [1.54, 1.807) is 41.6 Å². The molecule has 1 aromatic heterocycles. The summed E-state index contributed by atoms with van der Waals surface area (Å²) in [5.74, 6) is -0.990. The van der Waals surface area contributed by atoms with Gasteiger partial charge in [0, 0.05) is 42.7 Å². The number of likely N-dealkylation sites (tertiary alicyclic amines) is 1. The quantitative estimate of drug-likeness (QED) is 0.724. The molecule has 1 fully saturated rings. The van der Waals surface area contributed by atoms with Crippen LogP contribution < -0.4 is 5.32 Å². The fraction of sp³-hybridized carbons (Fsp3) is 0.217. The van der Waals surface area contributed by atoms with Gasteiger partial charge in [-0.05, 0) is 42.7 Å². The number of halogens is 1. The lowest BCUT2D eigenvalue weighted by atomic mass is 10.0. The molecule has 0 bridgehead atoms. The molecule has 0 radical (unpaired) electrons. The van der Waals surface area contributed by atoms with E-state index in [1.165, 1.54) is 18.5 Å². The predicted molar refractivity (Wildman–Crippen MR) is 110 cm³/mol. The number of rotatable bonds is 4. The van der Waals surface area contributed by atoms with Crippen molar-refractivity contribution in [1.82, 2.24) is 20.2 Å². The average molecular weight is 404 g/mol. The zero-order valence-electron chi connectivity index (χ0n) is 16.3. The molecule has 3 aromatic rings. The number of hydrogen-bond acceptors (Lipinski definition) is 4. The van der Waals surface area contributed by atoms with Crippen molar-refractivity contribution in [3.05, 3.63) is 84.2 Å². The lowest BCUT2D eigenvalue weighted by Crippen LogP contribution is -2.46. The Balaban J connectivity index is 1.33. The standard InChI is InChI=1S/C23H21FN4O2/c24-21-4-2-1-3-20(21)22(29)27-19-9-11-28(12-10-19)23(30)17-7-5-16(6-8-17)18-13-25-15-26-14-18/h1-8,13-15,19H,9-12H2,(H,27,29). The minimum Gasteiger partial charge on any atom is -0.349 e. The first kappa shape index (κ1) is 19.7. The Morgan fingerprint density at radius 3 is 2.27 bits per heavy atom. The van der Waals surface area contributed by atoms with Gasteiger partial charge in [-0.1, -0.05) is 24.3 Å². The highest BCUT2D eigenvalue weighted by Crippen LogP contribution is 2.20. The van der Waals surface area contributed by atoms with E-state index in [4.69, 9.17) is 0 Å². The molecule has 152 valence electrons. The highest BCUT2D eigenvalue weighted by Gasteiger charge is 2.25. The van der Waals surface area contributed by atoms with Crippen molar-refractivity contribution >= 4 is 11.8 Å². The van der Waals surface area contributed by atoms with Crippen LogP contribution >= 0.6 is 0 Å². The molecule has 0 spiro atoms. The molecule has 7 heteroatoms. The summed E-state index contributed by atoms with van der Waals surface area (Å²) in [6.45, 7) is 1.07. The molecular weight excluding hydrogens is 383 g/mol. The summed E-state index contributed by atoms with van der Waals surface area (Å²) in [6, 6.07) is 13.2. The molecular formula is C23H21FN4O2. The molecule has 2 aromatic carbocycles. The van der Waals surface area contributed by atoms with Crippen molar-refractivity contribution in [3.8, 4) is 11.1 Å². The Hall–Kier alpha value is -3.61. The van der Waals surface area contributed by atoms with E-state index < -0.39 is 11.7 Å². The Labute approximate surface area is 173 Å². The molecule has 30 heavy (non-hydrogen) atoms. The van der Waals surface area contributed by atoms with E-state index in [9.17, 15) is 14.0 Å². The smallest absolute Gasteiger partial charge is 0.254 e.